The summed E-state index contributed by atoms with van der Waals surface area (Å²) in [5, 5.41) is 17.5. The molecule has 2 aromatic rings. The summed E-state index contributed by atoms with van der Waals surface area (Å²) in [6, 6.07) is 5.83. The van der Waals surface area contributed by atoms with E-state index in [9.17, 15) is 0 Å². The average Bonchev–Trinajstić information content (AvgIpc) is 2.78. The Labute approximate surface area is 105 Å². The summed E-state index contributed by atoms with van der Waals surface area (Å²) in [6.45, 7) is 2.78. The number of aromatic nitrogens is 3. The molecule has 0 radical (unpaired) electrons. The van der Waals surface area contributed by atoms with Crippen molar-refractivity contribution in [1.29, 1.82) is 0 Å². The highest BCUT2D eigenvalue weighted by Gasteiger charge is 2.07. The molecule has 0 atom stereocenters. The maximum Gasteiger partial charge on any atom is 0.0885 e. The summed E-state index contributed by atoms with van der Waals surface area (Å²) in [5.74, 6) is 0. The molecule has 4 nitrogen and oxygen atoms in total. The van der Waals surface area contributed by atoms with Crippen LogP contribution in [0.1, 0.15) is 12.0 Å². The molecule has 0 amide bonds. The fraction of sp³-hybridized carbons (Fsp3) is 0.333. The first-order valence-electron chi connectivity index (χ1n) is 5.48. The Balaban J connectivity index is 2.32. The number of benzene rings is 1. The van der Waals surface area contributed by atoms with Gasteiger partial charge in [0.1, 0.15) is 0 Å². The van der Waals surface area contributed by atoms with Crippen molar-refractivity contribution in [3.63, 3.8) is 0 Å². The summed E-state index contributed by atoms with van der Waals surface area (Å²) in [5.41, 5.74) is 3.01. The van der Waals surface area contributed by atoms with Crippen LogP contribution in [0.5, 0.6) is 0 Å². The SMILES string of the molecule is Cc1cc(-c2cnnn2CCCO)ccc1Cl. The molecule has 0 saturated heterocycles. The lowest BCUT2D eigenvalue weighted by molar-refractivity contribution is 0.276. The monoisotopic (exact) mass is 251 g/mol. The van der Waals surface area contributed by atoms with Gasteiger partial charge < -0.3 is 5.11 Å². The predicted octanol–water partition coefficient (Wildman–Crippen LogP) is 2.29. The highest BCUT2D eigenvalue weighted by atomic mass is 35.5. The van der Waals surface area contributed by atoms with Crippen LogP contribution in [0.2, 0.25) is 5.02 Å². The van der Waals surface area contributed by atoms with Gasteiger partial charge in [-0.15, -0.1) is 5.10 Å². The molecule has 0 aliphatic heterocycles. The Hall–Kier alpha value is -1.39. The maximum atomic E-state index is 8.83. The molecule has 1 aromatic carbocycles. The largest absolute Gasteiger partial charge is 0.396 e. The maximum absolute atomic E-state index is 8.83. The lowest BCUT2D eigenvalue weighted by atomic mass is 10.1. The van der Waals surface area contributed by atoms with Crippen LogP contribution in [0.25, 0.3) is 11.3 Å². The second kappa shape index (κ2) is 5.29. The quantitative estimate of drug-likeness (QED) is 0.907. The van der Waals surface area contributed by atoms with Gasteiger partial charge in [-0.3, -0.25) is 0 Å². The van der Waals surface area contributed by atoms with Crippen molar-refractivity contribution in [2.24, 2.45) is 0 Å². The Morgan fingerprint density at radius 2 is 2.24 bits per heavy atom. The first kappa shape index (κ1) is 12.1. The summed E-state index contributed by atoms with van der Waals surface area (Å²) < 4.78 is 1.79. The molecule has 1 aromatic heterocycles. The van der Waals surface area contributed by atoms with E-state index in [1.807, 2.05) is 25.1 Å². The molecule has 0 saturated carbocycles. The van der Waals surface area contributed by atoms with Crippen molar-refractivity contribution in [1.82, 2.24) is 15.0 Å². The van der Waals surface area contributed by atoms with Crippen molar-refractivity contribution in [3.8, 4) is 11.3 Å². The van der Waals surface area contributed by atoms with Gasteiger partial charge in [0.25, 0.3) is 0 Å². The van der Waals surface area contributed by atoms with Gasteiger partial charge in [-0.2, -0.15) is 0 Å². The molecule has 0 fully saturated rings. The van der Waals surface area contributed by atoms with E-state index in [0.717, 1.165) is 21.8 Å². The van der Waals surface area contributed by atoms with E-state index < -0.39 is 0 Å². The molecule has 0 aliphatic carbocycles. The van der Waals surface area contributed by atoms with Crippen molar-refractivity contribution >= 4 is 11.6 Å². The molecule has 17 heavy (non-hydrogen) atoms. The number of hydrogen-bond donors (Lipinski definition) is 1. The normalized spacial score (nSPS) is 10.8. The molecule has 1 heterocycles. The van der Waals surface area contributed by atoms with E-state index in [2.05, 4.69) is 10.3 Å². The van der Waals surface area contributed by atoms with Gasteiger partial charge in [0, 0.05) is 23.7 Å². The Kier molecular flexibility index (Phi) is 3.76. The van der Waals surface area contributed by atoms with E-state index in [-0.39, 0.29) is 6.61 Å². The lowest BCUT2D eigenvalue weighted by Gasteiger charge is -2.06. The Morgan fingerprint density at radius 3 is 2.94 bits per heavy atom. The predicted molar refractivity (Wildman–Crippen MR) is 66.9 cm³/mol. The standard InChI is InChI=1S/C12H14ClN3O/c1-9-7-10(3-4-11(9)13)12-8-14-15-16(12)5-2-6-17/h3-4,7-8,17H,2,5-6H2,1H3. The van der Waals surface area contributed by atoms with Crippen LogP contribution in [0.4, 0.5) is 0 Å². The second-order valence-electron chi connectivity index (χ2n) is 3.88. The smallest absolute Gasteiger partial charge is 0.0885 e. The van der Waals surface area contributed by atoms with Crippen molar-refractivity contribution in [3.05, 3.63) is 35.0 Å². The second-order valence-corrected chi connectivity index (χ2v) is 4.29. The molecular weight excluding hydrogens is 238 g/mol. The van der Waals surface area contributed by atoms with Crippen LogP contribution in [0.15, 0.2) is 24.4 Å². The summed E-state index contributed by atoms with van der Waals surface area (Å²) in [7, 11) is 0. The molecule has 0 bridgehead atoms. The molecule has 0 aliphatic rings. The Bertz CT molecular complexity index is 510. The van der Waals surface area contributed by atoms with E-state index in [1.165, 1.54) is 0 Å². The lowest BCUT2D eigenvalue weighted by Crippen LogP contribution is -2.04. The third-order valence-electron chi connectivity index (χ3n) is 2.60. The van der Waals surface area contributed by atoms with E-state index in [4.69, 9.17) is 16.7 Å². The number of halogens is 1. The van der Waals surface area contributed by atoms with Gasteiger partial charge in [-0.1, -0.05) is 22.9 Å². The van der Waals surface area contributed by atoms with Crippen LogP contribution in [0, 0.1) is 6.92 Å². The van der Waals surface area contributed by atoms with Crippen LogP contribution in [-0.4, -0.2) is 26.7 Å². The number of aliphatic hydroxyl groups is 1. The van der Waals surface area contributed by atoms with E-state index >= 15 is 0 Å². The topological polar surface area (TPSA) is 50.9 Å². The molecule has 0 unspecified atom stereocenters. The van der Waals surface area contributed by atoms with Gasteiger partial charge in [-0.05, 0) is 31.0 Å². The minimum absolute atomic E-state index is 0.152. The number of hydrogen-bond acceptors (Lipinski definition) is 3. The zero-order chi connectivity index (χ0) is 12.3. The molecule has 5 heteroatoms. The van der Waals surface area contributed by atoms with Gasteiger partial charge >= 0.3 is 0 Å². The fourth-order valence-corrected chi connectivity index (χ4v) is 1.79. The minimum atomic E-state index is 0.152. The van der Waals surface area contributed by atoms with Gasteiger partial charge in [-0.25, -0.2) is 4.68 Å². The summed E-state index contributed by atoms with van der Waals surface area (Å²) in [4.78, 5) is 0. The third-order valence-corrected chi connectivity index (χ3v) is 3.02. The zero-order valence-corrected chi connectivity index (χ0v) is 10.4. The van der Waals surface area contributed by atoms with Crippen molar-refractivity contribution in [2.45, 2.75) is 19.9 Å². The molecule has 90 valence electrons. The van der Waals surface area contributed by atoms with E-state index in [0.29, 0.717) is 13.0 Å². The molecule has 0 spiro atoms. The van der Waals surface area contributed by atoms with Crippen molar-refractivity contribution in [2.75, 3.05) is 6.61 Å². The third kappa shape index (κ3) is 2.65. The molecule has 2 rings (SSSR count). The summed E-state index contributed by atoms with van der Waals surface area (Å²) >= 11 is 5.99. The average molecular weight is 252 g/mol. The highest BCUT2D eigenvalue weighted by molar-refractivity contribution is 6.31. The number of aliphatic hydroxyl groups excluding tert-OH is 1. The highest BCUT2D eigenvalue weighted by Crippen LogP contribution is 2.24. The number of nitrogens with zero attached hydrogens (tertiary/aromatic N) is 3. The fourth-order valence-electron chi connectivity index (χ4n) is 1.67. The van der Waals surface area contributed by atoms with Crippen LogP contribution >= 0.6 is 11.6 Å². The molecular formula is C12H14ClN3O. The minimum Gasteiger partial charge on any atom is -0.396 e. The van der Waals surface area contributed by atoms with Crippen LogP contribution < -0.4 is 0 Å². The zero-order valence-electron chi connectivity index (χ0n) is 9.60. The summed E-state index contributed by atoms with van der Waals surface area (Å²) in [6.07, 6.45) is 2.39. The first-order chi connectivity index (χ1) is 8.22. The van der Waals surface area contributed by atoms with Gasteiger partial charge in [0.2, 0.25) is 0 Å². The molecule has 1 N–H and O–H groups in total. The number of aryl methyl sites for hydroxylation is 2. The van der Waals surface area contributed by atoms with E-state index in [1.54, 1.807) is 10.9 Å². The van der Waals surface area contributed by atoms with Crippen molar-refractivity contribution < 1.29 is 5.11 Å². The van der Waals surface area contributed by atoms with Gasteiger partial charge in [0.05, 0.1) is 11.9 Å². The van der Waals surface area contributed by atoms with Crippen LogP contribution in [0.3, 0.4) is 0 Å². The Morgan fingerprint density at radius 1 is 1.41 bits per heavy atom. The first-order valence-corrected chi connectivity index (χ1v) is 5.86. The number of rotatable bonds is 4. The van der Waals surface area contributed by atoms with Gasteiger partial charge in [0.15, 0.2) is 0 Å². The van der Waals surface area contributed by atoms with Crippen LogP contribution in [-0.2, 0) is 6.54 Å².